The van der Waals surface area contributed by atoms with Gasteiger partial charge >= 0.3 is 0 Å². The maximum atomic E-state index is 4.66. The summed E-state index contributed by atoms with van der Waals surface area (Å²) in [5.74, 6) is 1.59. The van der Waals surface area contributed by atoms with Crippen LogP contribution in [-0.4, -0.2) is 27.3 Å². The predicted octanol–water partition coefficient (Wildman–Crippen LogP) is 2.83. The monoisotopic (exact) mass is 348 g/mol. The van der Waals surface area contributed by atoms with E-state index in [9.17, 15) is 0 Å². The fraction of sp³-hybridized carbons (Fsp3) is 0.250. The third kappa shape index (κ3) is 4.69. The minimum absolute atomic E-state index is 0.536. The fourth-order valence-corrected chi connectivity index (χ4v) is 2.67. The Hall–Kier alpha value is -3.15. The number of nitrogens with zero attached hydrogens (tertiary/aromatic N) is 4. The van der Waals surface area contributed by atoms with Gasteiger partial charge in [0.05, 0.1) is 13.1 Å². The number of aromatic nitrogens is 3. The van der Waals surface area contributed by atoms with Crippen LogP contribution in [0.2, 0.25) is 0 Å². The van der Waals surface area contributed by atoms with Crippen molar-refractivity contribution in [3.05, 3.63) is 77.9 Å². The van der Waals surface area contributed by atoms with Crippen LogP contribution in [0.1, 0.15) is 23.9 Å². The molecule has 6 nitrogen and oxygen atoms in total. The van der Waals surface area contributed by atoms with Crippen molar-refractivity contribution >= 4 is 5.96 Å². The Morgan fingerprint density at radius 3 is 2.69 bits per heavy atom. The molecule has 0 aliphatic heterocycles. The maximum Gasteiger partial charge on any atom is 0.191 e. The number of para-hydroxylation sites is 1. The van der Waals surface area contributed by atoms with Crippen molar-refractivity contribution in [2.24, 2.45) is 4.99 Å². The number of guanidine groups is 1. The van der Waals surface area contributed by atoms with Gasteiger partial charge in [0.25, 0.3) is 0 Å². The normalized spacial score (nSPS) is 11.4. The van der Waals surface area contributed by atoms with E-state index in [0.29, 0.717) is 13.1 Å². The van der Waals surface area contributed by atoms with Gasteiger partial charge in [0, 0.05) is 12.2 Å². The second kappa shape index (κ2) is 8.80. The molecule has 0 fully saturated rings. The maximum absolute atomic E-state index is 4.66. The van der Waals surface area contributed by atoms with Crippen LogP contribution in [0.3, 0.4) is 0 Å². The van der Waals surface area contributed by atoms with Crippen molar-refractivity contribution in [1.29, 1.82) is 0 Å². The summed E-state index contributed by atoms with van der Waals surface area (Å²) < 4.78 is 1.97. The van der Waals surface area contributed by atoms with Gasteiger partial charge in [-0.05, 0) is 31.5 Å². The van der Waals surface area contributed by atoms with Crippen molar-refractivity contribution in [1.82, 2.24) is 25.4 Å². The van der Waals surface area contributed by atoms with E-state index in [-0.39, 0.29) is 0 Å². The number of hydrogen-bond donors (Lipinski definition) is 2. The number of aliphatic imine (C=N–C) groups is 1. The Balaban J connectivity index is 1.68. The van der Waals surface area contributed by atoms with E-state index < -0.39 is 0 Å². The second-order valence-electron chi connectivity index (χ2n) is 5.99. The fourth-order valence-electron chi connectivity index (χ4n) is 2.67. The number of benzene rings is 2. The Bertz CT molecular complexity index is 854. The smallest absolute Gasteiger partial charge is 0.191 e. The molecule has 26 heavy (non-hydrogen) atoms. The minimum Gasteiger partial charge on any atom is -0.357 e. The Morgan fingerprint density at radius 2 is 1.92 bits per heavy atom. The first kappa shape index (κ1) is 17.7. The first-order chi connectivity index (χ1) is 12.8. The van der Waals surface area contributed by atoms with Crippen molar-refractivity contribution < 1.29 is 0 Å². The highest BCUT2D eigenvalue weighted by molar-refractivity contribution is 5.79. The molecule has 0 aliphatic rings. The third-order valence-corrected chi connectivity index (χ3v) is 3.91. The predicted molar refractivity (Wildman–Crippen MR) is 104 cm³/mol. The lowest BCUT2D eigenvalue weighted by atomic mass is 10.1. The van der Waals surface area contributed by atoms with Gasteiger partial charge in [-0.1, -0.05) is 48.0 Å². The Morgan fingerprint density at radius 1 is 1.08 bits per heavy atom. The average molecular weight is 348 g/mol. The van der Waals surface area contributed by atoms with Crippen molar-refractivity contribution in [2.45, 2.75) is 26.9 Å². The highest BCUT2D eigenvalue weighted by Gasteiger charge is 2.07. The largest absolute Gasteiger partial charge is 0.357 e. The number of hydrogen-bond acceptors (Lipinski definition) is 3. The quantitative estimate of drug-likeness (QED) is 0.531. The van der Waals surface area contributed by atoms with Crippen molar-refractivity contribution in [3.63, 3.8) is 0 Å². The third-order valence-electron chi connectivity index (χ3n) is 3.91. The molecule has 3 rings (SSSR count). The highest BCUT2D eigenvalue weighted by Crippen LogP contribution is 2.09. The molecule has 3 aromatic rings. The molecule has 0 atom stereocenters. The van der Waals surface area contributed by atoms with E-state index in [1.807, 2.05) is 34.9 Å². The summed E-state index contributed by atoms with van der Waals surface area (Å²) in [5.41, 5.74) is 3.47. The van der Waals surface area contributed by atoms with Crippen LogP contribution in [0.4, 0.5) is 0 Å². The molecule has 0 radical (unpaired) electrons. The lowest BCUT2D eigenvalue weighted by Crippen LogP contribution is -2.37. The molecule has 0 unspecified atom stereocenters. The van der Waals surface area contributed by atoms with E-state index in [0.717, 1.165) is 24.0 Å². The summed E-state index contributed by atoms with van der Waals surface area (Å²) in [4.78, 5) is 4.66. The summed E-state index contributed by atoms with van der Waals surface area (Å²) >= 11 is 0. The lowest BCUT2D eigenvalue weighted by Gasteiger charge is -2.12. The van der Waals surface area contributed by atoms with Gasteiger partial charge in [-0.2, -0.15) is 0 Å². The molecule has 1 aromatic heterocycles. The van der Waals surface area contributed by atoms with E-state index in [1.54, 1.807) is 6.33 Å². The highest BCUT2D eigenvalue weighted by atomic mass is 15.3. The summed E-state index contributed by atoms with van der Waals surface area (Å²) in [5, 5.41) is 14.9. The van der Waals surface area contributed by atoms with Crippen molar-refractivity contribution in [2.75, 3.05) is 6.54 Å². The lowest BCUT2D eigenvalue weighted by molar-refractivity contribution is 0.756. The summed E-state index contributed by atoms with van der Waals surface area (Å²) in [7, 11) is 0. The topological polar surface area (TPSA) is 67.1 Å². The molecule has 6 heteroatoms. The van der Waals surface area contributed by atoms with Crippen LogP contribution < -0.4 is 10.6 Å². The summed E-state index contributed by atoms with van der Waals surface area (Å²) in [6.45, 7) is 6.10. The zero-order valence-electron chi connectivity index (χ0n) is 15.2. The molecule has 2 N–H and O–H groups in total. The first-order valence-electron chi connectivity index (χ1n) is 8.78. The zero-order valence-corrected chi connectivity index (χ0v) is 15.2. The summed E-state index contributed by atoms with van der Waals surface area (Å²) in [6, 6.07) is 18.4. The van der Waals surface area contributed by atoms with Gasteiger partial charge in [-0.15, -0.1) is 10.2 Å². The molecule has 0 saturated heterocycles. The van der Waals surface area contributed by atoms with Crippen LogP contribution >= 0.6 is 0 Å². The minimum atomic E-state index is 0.536. The molecule has 0 aliphatic carbocycles. The van der Waals surface area contributed by atoms with Gasteiger partial charge in [-0.3, -0.25) is 4.57 Å². The van der Waals surface area contributed by atoms with E-state index in [2.05, 4.69) is 63.9 Å². The summed E-state index contributed by atoms with van der Waals surface area (Å²) in [6.07, 6.45) is 1.73. The van der Waals surface area contributed by atoms with E-state index in [1.165, 1.54) is 11.1 Å². The van der Waals surface area contributed by atoms with E-state index in [4.69, 9.17) is 0 Å². The molecule has 0 saturated carbocycles. The van der Waals surface area contributed by atoms with Gasteiger partial charge in [-0.25, -0.2) is 4.99 Å². The average Bonchev–Trinajstić information content (AvgIpc) is 3.13. The van der Waals surface area contributed by atoms with Crippen LogP contribution in [0, 0.1) is 6.92 Å². The van der Waals surface area contributed by atoms with Crippen LogP contribution in [0.15, 0.2) is 65.9 Å². The molecule has 0 spiro atoms. The van der Waals surface area contributed by atoms with Gasteiger partial charge in [0.15, 0.2) is 11.8 Å². The Labute approximate surface area is 154 Å². The molecule has 2 aromatic carbocycles. The molecular weight excluding hydrogens is 324 g/mol. The van der Waals surface area contributed by atoms with Crippen LogP contribution in [0.25, 0.3) is 5.69 Å². The molecule has 0 bridgehead atoms. The van der Waals surface area contributed by atoms with Gasteiger partial charge in [0.1, 0.15) is 6.33 Å². The number of rotatable bonds is 6. The van der Waals surface area contributed by atoms with Crippen LogP contribution in [-0.2, 0) is 13.1 Å². The van der Waals surface area contributed by atoms with E-state index >= 15 is 0 Å². The number of nitrogens with one attached hydrogen (secondary N) is 2. The SMILES string of the molecule is CCNC(=NCc1cccc(C)c1)NCc1nncn1-c1ccccc1. The molecular formula is C20H24N6. The molecule has 0 amide bonds. The zero-order chi connectivity index (χ0) is 18.2. The Kier molecular flexibility index (Phi) is 5.98. The van der Waals surface area contributed by atoms with Crippen molar-refractivity contribution in [3.8, 4) is 5.69 Å². The first-order valence-corrected chi connectivity index (χ1v) is 8.78. The van der Waals surface area contributed by atoms with Crippen LogP contribution in [0.5, 0.6) is 0 Å². The van der Waals surface area contributed by atoms with Gasteiger partial charge in [0.2, 0.25) is 0 Å². The molecule has 134 valence electrons. The second-order valence-corrected chi connectivity index (χ2v) is 5.99. The molecule has 1 heterocycles. The number of aryl methyl sites for hydroxylation is 1. The standard InChI is InChI=1S/C20H24N6/c1-3-21-20(22-13-17-9-7-8-16(2)12-17)23-14-19-25-24-15-26(19)18-10-5-4-6-11-18/h4-12,15H,3,13-14H2,1-2H3,(H2,21,22,23). The van der Waals surface area contributed by atoms with Gasteiger partial charge < -0.3 is 10.6 Å².